The first-order chi connectivity index (χ1) is 10.3. The van der Waals surface area contributed by atoms with E-state index in [0.29, 0.717) is 12.3 Å². The average Bonchev–Trinajstić information content (AvgIpc) is 2.45. The number of nitrogens with one attached hydrogen (secondary N) is 2. The standard InChI is InChI=1S/C17H27N3O2/c1-5-12(4)13-6-8-14(9-7-13)19-16(21)15(10-11(2)3)20-17(18)22/h6-9,11-12,15H,5,10H2,1-4H3,(H,19,21)(H3,18,20,22)/t12-,15-/m0/s1. The summed E-state index contributed by atoms with van der Waals surface area (Å²) >= 11 is 0. The van der Waals surface area contributed by atoms with Gasteiger partial charge in [0.25, 0.3) is 0 Å². The van der Waals surface area contributed by atoms with Gasteiger partial charge in [-0.25, -0.2) is 4.79 Å². The smallest absolute Gasteiger partial charge is 0.312 e. The van der Waals surface area contributed by atoms with Crippen LogP contribution in [0, 0.1) is 5.92 Å². The largest absolute Gasteiger partial charge is 0.352 e. The van der Waals surface area contributed by atoms with E-state index in [1.807, 2.05) is 38.1 Å². The van der Waals surface area contributed by atoms with E-state index >= 15 is 0 Å². The summed E-state index contributed by atoms with van der Waals surface area (Å²) in [6.07, 6.45) is 1.62. The van der Waals surface area contributed by atoms with E-state index in [4.69, 9.17) is 5.73 Å². The second-order valence-corrected chi connectivity index (χ2v) is 6.11. The zero-order valence-electron chi connectivity index (χ0n) is 13.8. The van der Waals surface area contributed by atoms with Crippen molar-refractivity contribution in [1.29, 1.82) is 0 Å². The molecule has 0 saturated heterocycles. The predicted molar refractivity (Wildman–Crippen MR) is 89.7 cm³/mol. The van der Waals surface area contributed by atoms with Crippen LogP contribution in [0.25, 0.3) is 0 Å². The van der Waals surface area contributed by atoms with Gasteiger partial charge in [0.15, 0.2) is 0 Å². The molecule has 0 bridgehead atoms. The number of anilines is 1. The minimum absolute atomic E-state index is 0.246. The van der Waals surface area contributed by atoms with Crippen LogP contribution in [-0.2, 0) is 4.79 Å². The van der Waals surface area contributed by atoms with Crippen LogP contribution in [0.3, 0.4) is 0 Å². The lowest BCUT2D eigenvalue weighted by Crippen LogP contribution is -2.46. The summed E-state index contributed by atoms with van der Waals surface area (Å²) in [5.41, 5.74) is 7.10. The fraction of sp³-hybridized carbons (Fsp3) is 0.529. The molecule has 5 nitrogen and oxygen atoms in total. The summed E-state index contributed by atoms with van der Waals surface area (Å²) in [5, 5.41) is 5.32. The van der Waals surface area contributed by atoms with Crippen molar-refractivity contribution in [3.63, 3.8) is 0 Å². The maximum Gasteiger partial charge on any atom is 0.312 e. The van der Waals surface area contributed by atoms with Crippen molar-refractivity contribution < 1.29 is 9.59 Å². The zero-order chi connectivity index (χ0) is 16.7. The molecule has 1 rings (SSSR count). The van der Waals surface area contributed by atoms with E-state index in [1.165, 1.54) is 5.56 Å². The molecule has 0 aliphatic heterocycles. The first-order valence-corrected chi connectivity index (χ1v) is 7.80. The molecule has 0 fully saturated rings. The molecule has 22 heavy (non-hydrogen) atoms. The predicted octanol–water partition coefficient (Wildman–Crippen LogP) is 3.22. The molecule has 0 aliphatic carbocycles. The SMILES string of the molecule is CC[C@H](C)c1ccc(NC(=O)[C@H](CC(C)C)NC(N)=O)cc1. The Labute approximate surface area is 132 Å². The molecule has 3 amide bonds. The third-order valence-corrected chi connectivity index (χ3v) is 3.70. The summed E-state index contributed by atoms with van der Waals surface area (Å²) in [6, 6.07) is 6.50. The molecule has 1 aromatic rings. The molecular weight excluding hydrogens is 278 g/mol. The quantitative estimate of drug-likeness (QED) is 0.722. The Morgan fingerprint density at radius 3 is 2.18 bits per heavy atom. The lowest BCUT2D eigenvalue weighted by atomic mass is 9.98. The monoisotopic (exact) mass is 305 g/mol. The molecule has 122 valence electrons. The molecule has 5 heteroatoms. The van der Waals surface area contributed by atoms with Crippen molar-refractivity contribution in [3.8, 4) is 0 Å². The topological polar surface area (TPSA) is 84.2 Å². The van der Waals surface area contributed by atoms with Gasteiger partial charge in [-0.2, -0.15) is 0 Å². The molecule has 0 radical (unpaired) electrons. The van der Waals surface area contributed by atoms with Gasteiger partial charge in [0.05, 0.1) is 0 Å². The Bertz CT molecular complexity index is 497. The Hall–Kier alpha value is -2.04. The number of urea groups is 1. The van der Waals surface area contributed by atoms with Gasteiger partial charge >= 0.3 is 6.03 Å². The van der Waals surface area contributed by atoms with Crippen LogP contribution >= 0.6 is 0 Å². The summed E-state index contributed by atoms with van der Waals surface area (Å²) < 4.78 is 0. The van der Waals surface area contributed by atoms with Crippen molar-refractivity contribution in [2.45, 2.75) is 52.5 Å². The summed E-state index contributed by atoms with van der Waals surface area (Å²) in [6.45, 7) is 8.29. The summed E-state index contributed by atoms with van der Waals surface area (Å²) in [7, 11) is 0. The molecule has 0 unspecified atom stereocenters. The van der Waals surface area contributed by atoms with Crippen LogP contribution in [0.4, 0.5) is 10.5 Å². The Morgan fingerprint density at radius 2 is 1.73 bits per heavy atom. The van der Waals surface area contributed by atoms with Gasteiger partial charge in [0.1, 0.15) is 6.04 Å². The third-order valence-electron chi connectivity index (χ3n) is 3.70. The number of hydrogen-bond donors (Lipinski definition) is 3. The molecule has 0 aromatic heterocycles. The number of carbonyl (C=O) groups excluding carboxylic acids is 2. The van der Waals surface area contributed by atoms with E-state index in [0.717, 1.165) is 12.1 Å². The first-order valence-electron chi connectivity index (χ1n) is 7.80. The van der Waals surface area contributed by atoms with Crippen molar-refractivity contribution in [2.75, 3.05) is 5.32 Å². The van der Waals surface area contributed by atoms with Crippen molar-refractivity contribution in [3.05, 3.63) is 29.8 Å². The fourth-order valence-electron chi connectivity index (χ4n) is 2.23. The van der Waals surface area contributed by atoms with E-state index in [2.05, 4.69) is 24.5 Å². The number of nitrogens with two attached hydrogens (primary N) is 1. The Kier molecular flexibility index (Phi) is 6.89. The highest BCUT2D eigenvalue weighted by Crippen LogP contribution is 2.20. The van der Waals surface area contributed by atoms with Gasteiger partial charge in [-0.05, 0) is 42.4 Å². The lowest BCUT2D eigenvalue weighted by Gasteiger charge is -2.19. The van der Waals surface area contributed by atoms with Crippen molar-refractivity contribution >= 4 is 17.6 Å². The highest BCUT2D eigenvalue weighted by atomic mass is 16.2. The van der Waals surface area contributed by atoms with Gasteiger partial charge in [0, 0.05) is 5.69 Å². The van der Waals surface area contributed by atoms with Crippen LogP contribution in [-0.4, -0.2) is 18.0 Å². The van der Waals surface area contributed by atoms with Crippen molar-refractivity contribution in [1.82, 2.24) is 5.32 Å². The molecular formula is C17H27N3O2. The molecule has 2 atom stereocenters. The maximum absolute atomic E-state index is 12.3. The van der Waals surface area contributed by atoms with Crippen LogP contribution in [0.5, 0.6) is 0 Å². The van der Waals surface area contributed by atoms with Gasteiger partial charge in [-0.15, -0.1) is 0 Å². The van der Waals surface area contributed by atoms with E-state index < -0.39 is 12.1 Å². The minimum atomic E-state index is -0.687. The van der Waals surface area contributed by atoms with Crippen LogP contribution in [0.2, 0.25) is 0 Å². The van der Waals surface area contributed by atoms with E-state index in [9.17, 15) is 9.59 Å². The molecule has 1 aromatic carbocycles. The lowest BCUT2D eigenvalue weighted by molar-refractivity contribution is -0.118. The van der Waals surface area contributed by atoms with Gasteiger partial charge in [0.2, 0.25) is 5.91 Å². The van der Waals surface area contributed by atoms with Gasteiger partial charge < -0.3 is 16.4 Å². The molecule has 4 N–H and O–H groups in total. The van der Waals surface area contributed by atoms with E-state index in [1.54, 1.807) is 0 Å². The average molecular weight is 305 g/mol. The number of primary amides is 1. The molecule has 0 saturated carbocycles. The number of rotatable bonds is 7. The number of hydrogen-bond acceptors (Lipinski definition) is 2. The van der Waals surface area contributed by atoms with Crippen LogP contribution < -0.4 is 16.4 Å². The Balaban J connectivity index is 2.73. The highest BCUT2D eigenvalue weighted by Gasteiger charge is 2.21. The Morgan fingerprint density at radius 1 is 1.14 bits per heavy atom. The normalized spacial score (nSPS) is 13.5. The maximum atomic E-state index is 12.3. The second kappa shape index (κ2) is 8.41. The minimum Gasteiger partial charge on any atom is -0.352 e. The van der Waals surface area contributed by atoms with E-state index in [-0.39, 0.29) is 11.8 Å². The summed E-state index contributed by atoms with van der Waals surface area (Å²) in [4.78, 5) is 23.3. The summed E-state index contributed by atoms with van der Waals surface area (Å²) in [5.74, 6) is 0.522. The number of carbonyl (C=O) groups is 2. The highest BCUT2D eigenvalue weighted by molar-refractivity contribution is 5.96. The van der Waals surface area contributed by atoms with Crippen LogP contribution in [0.1, 0.15) is 52.0 Å². The molecule has 0 spiro atoms. The molecule has 0 aliphatic rings. The number of benzene rings is 1. The first kappa shape index (κ1) is 18.0. The van der Waals surface area contributed by atoms with Gasteiger partial charge in [-0.3, -0.25) is 4.79 Å². The number of amides is 3. The second-order valence-electron chi connectivity index (χ2n) is 6.11. The van der Waals surface area contributed by atoms with Gasteiger partial charge in [-0.1, -0.05) is 39.8 Å². The fourth-order valence-corrected chi connectivity index (χ4v) is 2.23. The third kappa shape index (κ3) is 5.76. The molecule has 0 heterocycles. The zero-order valence-corrected chi connectivity index (χ0v) is 13.8. The van der Waals surface area contributed by atoms with Crippen LogP contribution in [0.15, 0.2) is 24.3 Å². The van der Waals surface area contributed by atoms with Crippen molar-refractivity contribution in [2.24, 2.45) is 11.7 Å².